The van der Waals surface area contributed by atoms with Crippen LogP contribution in [-0.4, -0.2) is 31.0 Å². The fraction of sp³-hybridized carbons (Fsp3) is 0.421. The van der Waals surface area contributed by atoms with Crippen molar-refractivity contribution in [3.63, 3.8) is 0 Å². The number of hydrogen-bond donors (Lipinski definition) is 1. The first-order valence-electron chi connectivity index (χ1n) is 8.40. The first kappa shape index (κ1) is 19.3. The summed E-state index contributed by atoms with van der Waals surface area (Å²) in [6, 6.07) is 9.90. The highest BCUT2D eigenvalue weighted by molar-refractivity contribution is 5.94. The van der Waals surface area contributed by atoms with E-state index in [9.17, 15) is 4.79 Å². The average Bonchev–Trinajstić information content (AvgIpc) is 3.11. The molecule has 0 saturated carbocycles. The van der Waals surface area contributed by atoms with Gasteiger partial charge in [0.05, 0.1) is 19.2 Å². The summed E-state index contributed by atoms with van der Waals surface area (Å²) in [7, 11) is 1.71. The molecule has 1 aliphatic rings. The minimum absolute atomic E-state index is 0. The maximum absolute atomic E-state index is 12.5. The Hall–Kier alpha value is -1.98. The summed E-state index contributed by atoms with van der Waals surface area (Å²) >= 11 is 0. The summed E-state index contributed by atoms with van der Waals surface area (Å²) in [5.41, 5.74) is 7.37. The number of likely N-dealkylation sites (tertiary alicyclic amines) is 1. The standard InChI is InChI=1S/C19H24N2O3.ClH/c1-23-18-5-3-2-4-15(18)10-14-6-8-21(9-7-14)19(22)16-11-17(12-20)24-13-16;/h2-5,11,13-14H,6-10,12,20H2,1H3;1H. The number of carbonyl (C=O) groups excluding carboxylic acids is 1. The van der Waals surface area contributed by atoms with E-state index < -0.39 is 0 Å². The van der Waals surface area contributed by atoms with Crippen LogP contribution >= 0.6 is 12.4 Å². The van der Waals surface area contributed by atoms with Gasteiger partial charge in [-0.05, 0) is 42.9 Å². The first-order valence-corrected chi connectivity index (χ1v) is 8.40. The number of rotatable bonds is 5. The number of carbonyl (C=O) groups is 1. The zero-order valence-electron chi connectivity index (χ0n) is 14.4. The van der Waals surface area contributed by atoms with Crippen molar-refractivity contribution in [3.05, 3.63) is 53.5 Å². The predicted molar refractivity (Wildman–Crippen MR) is 99.2 cm³/mol. The number of nitrogens with zero attached hydrogens (tertiary/aromatic N) is 1. The fourth-order valence-electron chi connectivity index (χ4n) is 3.31. The van der Waals surface area contributed by atoms with Gasteiger partial charge in [-0.15, -0.1) is 12.4 Å². The molecule has 25 heavy (non-hydrogen) atoms. The highest BCUT2D eigenvalue weighted by Gasteiger charge is 2.25. The van der Waals surface area contributed by atoms with Crippen LogP contribution in [0.5, 0.6) is 5.75 Å². The Balaban J connectivity index is 0.00000225. The predicted octanol–water partition coefficient (Wildman–Crippen LogP) is 3.26. The van der Waals surface area contributed by atoms with Crippen LogP contribution in [-0.2, 0) is 13.0 Å². The van der Waals surface area contributed by atoms with Gasteiger partial charge in [-0.25, -0.2) is 0 Å². The smallest absolute Gasteiger partial charge is 0.257 e. The number of benzene rings is 1. The van der Waals surface area contributed by atoms with Crippen molar-refractivity contribution >= 4 is 18.3 Å². The van der Waals surface area contributed by atoms with Crippen LogP contribution in [0.25, 0.3) is 0 Å². The quantitative estimate of drug-likeness (QED) is 0.884. The molecule has 1 fully saturated rings. The third-order valence-electron chi connectivity index (χ3n) is 4.70. The second kappa shape index (κ2) is 8.92. The molecule has 1 aromatic heterocycles. The monoisotopic (exact) mass is 364 g/mol. The molecule has 2 heterocycles. The number of halogens is 1. The minimum atomic E-state index is 0. The highest BCUT2D eigenvalue weighted by Crippen LogP contribution is 2.27. The van der Waals surface area contributed by atoms with E-state index in [1.54, 1.807) is 13.2 Å². The molecule has 3 rings (SSSR count). The van der Waals surface area contributed by atoms with E-state index in [0.717, 1.165) is 38.1 Å². The summed E-state index contributed by atoms with van der Waals surface area (Å²) in [4.78, 5) is 14.4. The second-order valence-corrected chi connectivity index (χ2v) is 6.26. The van der Waals surface area contributed by atoms with Crippen LogP contribution in [0.1, 0.15) is 34.5 Å². The van der Waals surface area contributed by atoms with Crippen molar-refractivity contribution in [3.8, 4) is 5.75 Å². The van der Waals surface area contributed by atoms with Gasteiger partial charge in [0.1, 0.15) is 17.8 Å². The molecule has 1 saturated heterocycles. The molecule has 0 aliphatic carbocycles. The van der Waals surface area contributed by atoms with E-state index in [4.69, 9.17) is 14.9 Å². The second-order valence-electron chi connectivity index (χ2n) is 6.26. The molecule has 5 nitrogen and oxygen atoms in total. The molecule has 0 unspecified atom stereocenters. The van der Waals surface area contributed by atoms with E-state index in [-0.39, 0.29) is 18.3 Å². The van der Waals surface area contributed by atoms with Gasteiger partial charge in [-0.3, -0.25) is 4.79 Å². The minimum Gasteiger partial charge on any atom is -0.496 e. The molecular weight excluding hydrogens is 340 g/mol. The number of methoxy groups -OCH3 is 1. The molecule has 136 valence electrons. The SMILES string of the molecule is COc1ccccc1CC1CCN(C(=O)c2coc(CN)c2)CC1.Cl. The highest BCUT2D eigenvalue weighted by atomic mass is 35.5. The van der Waals surface area contributed by atoms with E-state index >= 15 is 0 Å². The number of piperidine rings is 1. The van der Waals surface area contributed by atoms with Crippen LogP contribution in [0.15, 0.2) is 41.0 Å². The molecule has 1 amide bonds. The van der Waals surface area contributed by atoms with Crippen molar-refractivity contribution in [1.82, 2.24) is 4.90 Å². The van der Waals surface area contributed by atoms with Gasteiger partial charge in [-0.2, -0.15) is 0 Å². The molecule has 0 bridgehead atoms. The third-order valence-corrected chi connectivity index (χ3v) is 4.70. The van der Waals surface area contributed by atoms with Gasteiger partial charge >= 0.3 is 0 Å². The van der Waals surface area contributed by atoms with Crippen molar-refractivity contribution in [2.24, 2.45) is 11.7 Å². The van der Waals surface area contributed by atoms with Gasteiger partial charge in [-0.1, -0.05) is 18.2 Å². The molecule has 6 heteroatoms. The summed E-state index contributed by atoms with van der Waals surface area (Å²) < 4.78 is 10.7. The Morgan fingerprint density at radius 3 is 2.68 bits per heavy atom. The number of furan rings is 1. The number of nitrogens with two attached hydrogens (primary N) is 1. The average molecular weight is 365 g/mol. The maximum atomic E-state index is 12.5. The van der Waals surface area contributed by atoms with Gasteiger partial charge < -0.3 is 19.8 Å². The van der Waals surface area contributed by atoms with Crippen molar-refractivity contribution in [1.29, 1.82) is 0 Å². The van der Waals surface area contributed by atoms with Gasteiger partial charge in [0.15, 0.2) is 0 Å². The summed E-state index contributed by atoms with van der Waals surface area (Å²) in [5.74, 6) is 2.21. The third kappa shape index (κ3) is 4.55. The number of para-hydroxylation sites is 1. The zero-order chi connectivity index (χ0) is 16.9. The van der Waals surface area contributed by atoms with Gasteiger partial charge in [0, 0.05) is 13.1 Å². The molecule has 2 N–H and O–H groups in total. The van der Waals surface area contributed by atoms with Crippen LogP contribution in [0.4, 0.5) is 0 Å². The molecular formula is C19H25ClN2O3. The van der Waals surface area contributed by atoms with E-state index in [2.05, 4.69) is 6.07 Å². The van der Waals surface area contributed by atoms with Crippen LogP contribution in [0, 0.1) is 5.92 Å². The first-order chi connectivity index (χ1) is 11.7. The van der Waals surface area contributed by atoms with Crippen LogP contribution in [0.2, 0.25) is 0 Å². The van der Waals surface area contributed by atoms with Crippen LogP contribution in [0.3, 0.4) is 0 Å². The largest absolute Gasteiger partial charge is 0.496 e. The Morgan fingerprint density at radius 2 is 2.04 bits per heavy atom. The lowest BCUT2D eigenvalue weighted by atomic mass is 9.89. The normalized spacial score (nSPS) is 14.9. The van der Waals surface area contributed by atoms with Crippen molar-refractivity contribution in [2.45, 2.75) is 25.8 Å². The lowest BCUT2D eigenvalue weighted by molar-refractivity contribution is 0.0689. The molecule has 2 aromatic rings. The lowest BCUT2D eigenvalue weighted by Gasteiger charge is -2.32. The Labute approximate surface area is 154 Å². The van der Waals surface area contributed by atoms with Crippen molar-refractivity contribution < 1.29 is 13.9 Å². The summed E-state index contributed by atoms with van der Waals surface area (Å²) in [6.07, 6.45) is 4.51. The van der Waals surface area contributed by atoms with Crippen molar-refractivity contribution in [2.75, 3.05) is 20.2 Å². The van der Waals surface area contributed by atoms with E-state index in [1.165, 1.54) is 11.8 Å². The maximum Gasteiger partial charge on any atom is 0.257 e. The number of ether oxygens (including phenoxy) is 1. The Kier molecular flexibility index (Phi) is 6.91. The zero-order valence-corrected chi connectivity index (χ0v) is 15.3. The molecule has 0 radical (unpaired) electrons. The van der Waals surface area contributed by atoms with E-state index in [1.807, 2.05) is 23.1 Å². The van der Waals surface area contributed by atoms with Gasteiger partial charge in [0.25, 0.3) is 5.91 Å². The van der Waals surface area contributed by atoms with Crippen LogP contribution < -0.4 is 10.5 Å². The molecule has 0 atom stereocenters. The fourth-order valence-corrected chi connectivity index (χ4v) is 3.31. The van der Waals surface area contributed by atoms with Gasteiger partial charge in [0.2, 0.25) is 0 Å². The number of hydrogen-bond acceptors (Lipinski definition) is 4. The topological polar surface area (TPSA) is 68.7 Å². The lowest BCUT2D eigenvalue weighted by Crippen LogP contribution is -2.38. The molecule has 1 aliphatic heterocycles. The molecule has 0 spiro atoms. The van der Waals surface area contributed by atoms with E-state index in [0.29, 0.717) is 23.8 Å². The summed E-state index contributed by atoms with van der Waals surface area (Å²) in [6.45, 7) is 1.87. The summed E-state index contributed by atoms with van der Waals surface area (Å²) in [5, 5.41) is 0. The Morgan fingerprint density at radius 1 is 1.32 bits per heavy atom. The Bertz CT molecular complexity index is 693. The molecule has 1 aromatic carbocycles. The number of amides is 1.